The van der Waals surface area contributed by atoms with Gasteiger partial charge in [-0.15, -0.1) is 0 Å². The van der Waals surface area contributed by atoms with Gasteiger partial charge in [-0.05, 0) is 51.4 Å². The van der Waals surface area contributed by atoms with Gasteiger partial charge < -0.3 is 14.6 Å². The van der Waals surface area contributed by atoms with E-state index in [0.29, 0.717) is 12.8 Å². The number of rotatable bonds is 34. The van der Waals surface area contributed by atoms with E-state index in [9.17, 15) is 14.7 Å². The number of hydrogen-bond acceptors (Lipinski definition) is 5. The summed E-state index contributed by atoms with van der Waals surface area (Å²) >= 11 is 0. The van der Waals surface area contributed by atoms with Crippen LogP contribution in [0.2, 0.25) is 0 Å². The monoisotopic (exact) mass is 633 g/mol. The average molecular weight is 633 g/mol. The first-order valence-corrected chi connectivity index (χ1v) is 19.0. The molecule has 0 spiro atoms. The fourth-order valence-corrected chi connectivity index (χ4v) is 5.27. The average Bonchev–Trinajstić information content (AvgIpc) is 3.04. The third-order valence-electron chi connectivity index (χ3n) is 8.19. The molecule has 5 nitrogen and oxygen atoms in total. The van der Waals surface area contributed by atoms with Crippen LogP contribution in [0, 0.1) is 0 Å². The minimum Gasteiger partial charge on any atom is -0.462 e. The van der Waals surface area contributed by atoms with Gasteiger partial charge in [0, 0.05) is 12.8 Å². The first kappa shape index (κ1) is 43.1. The second-order valence-electron chi connectivity index (χ2n) is 12.7. The first-order chi connectivity index (χ1) is 22.1. The number of esters is 2. The Bertz CT molecular complexity index is 726. The molecule has 0 radical (unpaired) electrons. The van der Waals surface area contributed by atoms with Crippen molar-refractivity contribution in [3.05, 3.63) is 36.5 Å². The summed E-state index contributed by atoms with van der Waals surface area (Å²) in [7, 11) is 0. The summed E-state index contributed by atoms with van der Waals surface area (Å²) < 4.78 is 10.5. The van der Waals surface area contributed by atoms with Crippen LogP contribution in [0.4, 0.5) is 0 Å². The Balaban J connectivity index is 3.50. The number of aliphatic hydroxyl groups is 1. The Morgan fingerprint density at radius 3 is 1.33 bits per heavy atom. The van der Waals surface area contributed by atoms with Gasteiger partial charge in [0.2, 0.25) is 0 Å². The molecule has 262 valence electrons. The molecule has 1 atom stereocenters. The van der Waals surface area contributed by atoms with Crippen LogP contribution in [0.5, 0.6) is 0 Å². The van der Waals surface area contributed by atoms with E-state index in [1.165, 1.54) is 109 Å². The third kappa shape index (κ3) is 34.8. The molecule has 0 aliphatic rings. The van der Waals surface area contributed by atoms with Gasteiger partial charge in [0.05, 0.1) is 6.61 Å². The lowest BCUT2D eigenvalue weighted by Gasteiger charge is -2.15. The van der Waals surface area contributed by atoms with Crippen LogP contribution in [0.15, 0.2) is 36.5 Å². The minimum absolute atomic E-state index is 0.0666. The molecule has 45 heavy (non-hydrogen) atoms. The highest BCUT2D eigenvalue weighted by molar-refractivity contribution is 5.70. The number of unbranched alkanes of at least 4 members (excludes halogenated alkanes) is 20. The molecule has 0 aliphatic heterocycles. The number of ether oxygens (including phenoxy) is 2. The summed E-state index contributed by atoms with van der Waals surface area (Å²) in [6.07, 6.45) is 43.8. The number of hydrogen-bond donors (Lipinski definition) is 1. The van der Waals surface area contributed by atoms with Gasteiger partial charge in [0.15, 0.2) is 6.10 Å². The lowest BCUT2D eigenvalue weighted by atomic mass is 10.0. The highest BCUT2D eigenvalue weighted by Gasteiger charge is 2.16. The molecule has 0 aromatic heterocycles. The van der Waals surface area contributed by atoms with Crippen molar-refractivity contribution >= 4 is 11.9 Å². The Hall–Kier alpha value is -1.88. The van der Waals surface area contributed by atoms with Crippen LogP contribution >= 0.6 is 0 Å². The van der Waals surface area contributed by atoms with Gasteiger partial charge in [0.1, 0.15) is 6.61 Å². The van der Waals surface area contributed by atoms with Gasteiger partial charge in [-0.2, -0.15) is 0 Å². The van der Waals surface area contributed by atoms with E-state index in [0.717, 1.165) is 51.4 Å². The quantitative estimate of drug-likeness (QED) is 0.0434. The minimum atomic E-state index is -0.767. The molecule has 0 saturated carbocycles. The zero-order valence-corrected chi connectivity index (χ0v) is 29.6. The van der Waals surface area contributed by atoms with Gasteiger partial charge in [-0.3, -0.25) is 9.59 Å². The summed E-state index contributed by atoms with van der Waals surface area (Å²) in [6, 6.07) is 0. The van der Waals surface area contributed by atoms with Crippen LogP contribution in [-0.4, -0.2) is 36.4 Å². The summed E-state index contributed by atoms with van der Waals surface area (Å²) in [6.45, 7) is 4.05. The summed E-state index contributed by atoms with van der Waals surface area (Å²) in [5, 5.41) is 9.47. The zero-order chi connectivity index (χ0) is 32.9. The van der Waals surface area contributed by atoms with Crippen molar-refractivity contribution in [2.24, 2.45) is 0 Å². The van der Waals surface area contributed by atoms with Crippen molar-refractivity contribution in [2.45, 2.75) is 193 Å². The zero-order valence-electron chi connectivity index (χ0n) is 29.6. The molecular weight excluding hydrogens is 560 g/mol. The van der Waals surface area contributed by atoms with Gasteiger partial charge >= 0.3 is 11.9 Å². The smallest absolute Gasteiger partial charge is 0.306 e. The number of carbonyl (C=O) groups is 2. The molecule has 0 aromatic rings. The summed E-state index contributed by atoms with van der Waals surface area (Å²) in [4.78, 5) is 24.0. The molecule has 0 amide bonds. The summed E-state index contributed by atoms with van der Waals surface area (Å²) in [5.41, 5.74) is 0. The maximum atomic E-state index is 12.1. The van der Waals surface area contributed by atoms with Gasteiger partial charge in [0.25, 0.3) is 0 Å². The molecule has 5 heteroatoms. The molecule has 0 saturated heterocycles. The lowest BCUT2D eigenvalue weighted by Crippen LogP contribution is -2.28. The molecule has 0 heterocycles. The predicted molar refractivity (Wildman–Crippen MR) is 191 cm³/mol. The maximum Gasteiger partial charge on any atom is 0.306 e. The van der Waals surface area contributed by atoms with Crippen LogP contribution in [0.3, 0.4) is 0 Å². The molecular formula is C40H72O5. The Kier molecular flexibility index (Phi) is 35.1. The SMILES string of the molecule is CCCCCCC/C=C\C/C=C\C/C=C\CCCCCCCCCCCCC(=O)OC(CO)COC(=O)CCCCCCCC. The number of allylic oxidation sites excluding steroid dienone is 6. The molecule has 0 bridgehead atoms. The second-order valence-corrected chi connectivity index (χ2v) is 12.7. The van der Waals surface area contributed by atoms with Crippen molar-refractivity contribution in [1.82, 2.24) is 0 Å². The van der Waals surface area contributed by atoms with E-state index >= 15 is 0 Å². The Morgan fingerprint density at radius 2 is 0.889 bits per heavy atom. The van der Waals surface area contributed by atoms with Crippen LogP contribution < -0.4 is 0 Å². The Labute approximate surface area is 278 Å². The molecule has 0 aliphatic carbocycles. The third-order valence-corrected chi connectivity index (χ3v) is 8.19. The number of aliphatic hydroxyl groups excluding tert-OH is 1. The van der Waals surface area contributed by atoms with Gasteiger partial charge in [-0.1, -0.05) is 159 Å². The molecule has 1 N–H and O–H groups in total. The van der Waals surface area contributed by atoms with Crippen molar-refractivity contribution < 1.29 is 24.2 Å². The second kappa shape index (κ2) is 36.6. The fraction of sp³-hybridized carbons (Fsp3) is 0.800. The highest BCUT2D eigenvalue weighted by Crippen LogP contribution is 2.13. The summed E-state index contributed by atoms with van der Waals surface area (Å²) in [5.74, 6) is -0.604. The van der Waals surface area contributed by atoms with Crippen LogP contribution in [-0.2, 0) is 19.1 Å². The van der Waals surface area contributed by atoms with E-state index in [-0.39, 0.29) is 25.2 Å². The molecule has 0 fully saturated rings. The van der Waals surface area contributed by atoms with E-state index in [1.54, 1.807) is 0 Å². The highest BCUT2D eigenvalue weighted by atomic mass is 16.6. The Morgan fingerprint density at radius 1 is 0.511 bits per heavy atom. The van der Waals surface area contributed by atoms with Crippen LogP contribution in [0.1, 0.15) is 187 Å². The lowest BCUT2D eigenvalue weighted by molar-refractivity contribution is -0.161. The van der Waals surface area contributed by atoms with Crippen LogP contribution in [0.25, 0.3) is 0 Å². The molecule has 0 rings (SSSR count). The fourth-order valence-electron chi connectivity index (χ4n) is 5.27. The topological polar surface area (TPSA) is 72.8 Å². The van der Waals surface area contributed by atoms with Gasteiger partial charge in [-0.25, -0.2) is 0 Å². The van der Waals surface area contributed by atoms with Crippen molar-refractivity contribution in [1.29, 1.82) is 0 Å². The van der Waals surface area contributed by atoms with E-state index in [1.807, 2.05) is 0 Å². The number of carbonyl (C=O) groups excluding carboxylic acids is 2. The largest absolute Gasteiger partial charge is 0.462 e. The van der Waals surface area contributed by atoms with E-state index in [4.69, 9.17) is 9.47 Å². The normalized spacial score (nSPS) is 12.5. The van der Waals surface area contributed by atoms with Crippen molar-refractivity contribution in [2.75, 3.05) is 13.2 Å². The standard InChI is InChI=1S/C40H72O5/c1-3-5-7-9-11-12-13-14-15-16-17-18-19-20-21-22-23-24-25-26-27-28-29-31-33-35-40(43)45-38(36-41)37-44-39(42)34-32-30-10-8-6-4-2/h13-14,16-17,19-20,38,41H,3-12,15,18,21-37H2,1-2H3/b14-13-,17-16-,20-19-. The van der Waals surface area contributed by atoms with Crippen molar-refractivity contribution in [3.8, 4) is 0 Å². The maximum absolute atomic E-state index is 12.1. The van der Waals surface area contributed by atoms with E-state index in [2.05, 4.69) is 50.3 Å². The predicted octanol–water partition coefficient (Wildman–Crippen LogP) is 11.7. The van der Waals surface area contributed by atoms with E-state index < -0.39 is 6.10 Å². The molecule has 0 aromatic carbocycles. The van der Waals surface area contributed by atoms with Crippen molar-refractivity contribution in [3.63, 3.8) is 0 Å². The first-order valence-electron chi connectivity index (χ1n) is 19.0. The molecule has 1 unspecified atom stereocenters.